The van der Waals surface area contributed by atoms with Crippen LogP contribution >= 0.6 is 0 Å². The molecule has 156 valence electrons. The summed E-state index contributed by atoms with van der Waals surface area (Å²) in [7, 11) is 1.52. The molecule has 0 aromatic heterocycles. The molecule has 0 saturated carbocycles. The number of nitriles is 1. The highest BCUT2D eigenvalue weighted by atomic mass is 19.1. The number of anilines is 1. The molecule has 3 aromatic rings. The van der Waals surface area contributed by atoms with Gasteiger partial charge in [0.1, 0.15) is 35.6 Å². The topological polar surface area (TPSA) is 71.3 Å². The van der Waals surface area contributed by atoms with Crippen LogP contribution in [0.25, 0.3) is 6.08 Å². The Balaban J connectivity index is 1.87. The van der Waals surface area contributed by atoms with Crippen molar-refractivity contribution in [3.05, 3.63) is 94.8 Å². The highest BCUT2D eigenvalue weighted by Crippen LogP contribution is 2.28. The fourth-order valence-electron chi connectivity index (χ4n) is 2.88. The predicted octanol–water partition coefficient (Wildman–Crippen LogP) is 5.27. The Hall–Kier alpha value is -4.11. The first-order chi connectivity index (χ1) is 15.0. The van der Waals surface area contributed by atoms with E-state index in [9.17, 15) is 14.4 Å². The Bertz CT molecular complexity index is 1170. The minimum Gasteiger partial charge on any atom is -0.497 e. The van der Waals surface area contributed by atoms with Gasteiger partial charge in [-0.15, -0.1) is 0 Å². The van der Waals surface area contributed by atoms with Crippen molar-refractivity contribution in [2.45, 2.75) is 13.5 Å². The zero-order valence-corrected chi connectivity index (χ0v) is 17.2. The summed E-state index contributed by atoms with van der Waals surface area (Å²) in [6.07, 6.45) is 1.43. The van der Waals surface area contributed by atoms with Crippen molar-refractivity contribution in [3.8, 4) is 17.6 Å². The van der Waals surface area contributed by atoms with Gasteiger partial charge in [-0.05, 0) is 48.9 Å². The average Bonchev–Trinajstić information content (AvgIpc) is 2.77. The van der Waals surface area contributed by atoms with Crippen LogP contribution in [0.1, 0.15) is 16.7 Å². The lowest BCUT2D eigenvalue weighted by Gasteiger charge is -2.12. The van der Waals surface area contributed by atoms with E-state index in [4.69, 9.17) is 9.47 Å². The molecule has 6 heteroatoms. The van der Waals surface area contributed by atoms with E-state index in [-0.39, 0.29) is 18.0 Å². The number of nitrogens with zero attached hydrogens (tertiary/aromatic N) is 1. The summed E-state index contributed by atoms with van der Waals surface area (Å²) in [6.45, 7) is 1.89. The van der Waals surface area contributed by atoms with Gasteiger partial charge in [0.25, 0.3) is 5.91 Å². The first-order valence-electron chi connectivity index (χ1n) is 9.54. The molecule has 3 rings (SSSR count). The normalized spacial score (nSPS) is 10.8. The lowest BCUT2D eigenvalue weighted by atomic mass is 10.1. The van der Waals surface area contributed by atoms with Crippen LogP contribution in [0.4, 0.5) is 10.1 Å². The van der Waals surface area contributed by atoms with Crippen LogP contribution in [0.3, 0.4) is 0 Å². The molecule has 0 unspecified atom stereocenters. The molecule has 0 spiro atoms. The number of hydrogen-bond donors (Lipinski definition) is 1. The van der Waals surface area contributed by atoms with Gasteiger partial charge in [-0.25, -0.2) is 4.39 Å². The second-order valence-electron chi connectivity index (χ2n) is 6.78. The third kappa shape index (κ3) is 5.71. The molecule has 31 heavy (non-hydrogen) atoms. The number of halogens is 1. The molecule has 5 nitrogen and oxygen atoms in total. The summed E-state index contributed by atoms with van der Waals surface area (Å²) >= 11 is 0. The van der Waals surface area contributed by atoms with Crippen molar-refractivity contribution in [2.24, 2.45) is 0 Å². The molecule has 0 bridgehead atoms. The second kappa shape index (κ2) is 10.1. The summed E-state index contributed by atoms with van der Waals surface area (Å²) in [4.78, 5) is 12.6. The average molecular weight is 416 g/mol. The molecule has 0 aliphatic heterocycles. The van der Waals surface area contributed by atoms with E-state index in [0.29, 0.717) is 28.3 Å². The SMILES string of the molecule is COc1ccc(/C=C(\C#N)C(=O)Nc2cccc(C)c2)c(OCc2ccccc2F)c1. The summed E-state index contributed by atoms with van der Waals surface area (Å²) in [5.41, 5.74) is 2.37. The zero-order valence-electron chi connectivity index (χ0n) is 17.2. The molecular weight excluding hydrogens is 395 g/mol. The van der Waals surface area contributed by atoms with Gasteiger partial charge in [0.2, 0.25) is 0 Å². The smallest absolute Gasteiger partial charge is 0.266 e. The molecule has 0 heterocycles. The Kier molecular flexibility index (Phi) is 7.02. The molecule has 0 saturated heterocycles. The quantitative estimate of drug-likeness (QED) is 0.421. The number of carbonyl (C=O) groups is 1. The lowest BCUT2D eigenvalue weighted by Crippen LogP contribution is -2.13. The number of ether oxygens (including phenoxy) is 2. The molecule has 0 aliphatic carbocycles. The van der Waals surface area contributed by atoms with Gasteiger partial charge in [-0.1, -0.05) is 30.3 Å². The highest BCUT2D eigenvalue weighted by molar-refractivity contribution is 6.09. The van der Waals surface area contributed by atoms with Gasteiger partial charge in [0.05, 0.1) is 7.11 Å². The summed E-state index contributed by atoms with van der Waals surface area (Å²) in [6, 6.07) is 20.5. The van der Waals surface area contributed by atoms with Crippen LogP contribution in [0.2, 0.25) is 0 Å². The van der Waals surface area contributed by atoms with Crippen molar-refractivity contribution < 1.29 is 18.7 Å². The second-order valence-corrected chi connectivity index (χ2v) is 6.78. The number of aryl methyl sites for hydroxylation is 1. The van der Waals surface area contributed by atoms with Gasteiger partial charge in [-0.3, -0.25) is 4.79 Å². The number of amides is 1. The third-order valence-corrected chi connectivity index (χ3v) is 4.50. The van der Waals surface area contributed by atoms with Gasteiger partial charge in [-0.2, -0.15) is 5.26 Å². The molecular formula is C25H21FN2O3. The van der Waals surface area contributed by atoms with Crippen LogP contribution in [-0.2, 0) is 11.4 Å². The molecule has 0 atom stereocenters. The minimum atomic E-state index is -0.538. The Morgan fingerprint density at radius 3 is 2.65 bits per heavy atom. The number of nitrogens with one attached hydrogen (secondary N) is 1. The van der Waals surface area contributed by atoms with Crippen molar-refractivity contribution in [2.75, 3.05) is 12.4 Å². The fraction of sp³-hybridized carbons (Fsp3) is 0.120. The van der Waals surface area contributed by atoms with Crippen LogP contribution in [-0.4, -0.2) is 13.0 Å². The molecule has 1 amide bonds. The Morgan fingerprint density at radius 1 is 1.13 bits per heavy atom. The van der Waals surface area contributed by atoms with E-state index in [0.717, 1.165) is 5.56 Å². The highest BCUT2D eigenvalue weighted by Gasteiger charge is 2.13. The van der Waals surface area contributed by atoms with Crippen molar-refractivity contribution in [1.29, 1.82) is 5.26 Å². The summed E-state index contributed by atoms with van der Waals surface area (Å²) in [5, 5.41) is 12.2. The summed E-state index contributed by atoms with van der Waals surface area (Å²) in [5.74, 6) is -0.0242. The van der Waals surface area contributed by atoms with Gasteiger partial charge in [0, 0.05) is 22.9 Å². The van der Waals surface area contributed by atoms with Gasteiger partial charge < -0.3 is 14.8 Å². The van der Waals surface area contributed by atoms with Gasteiger partial charge >= 0.3 is 0 Å². The Labute approximate surface area is 180 Å². The molecule has 3 aromatic carbocycles. The fourth-order valence-corrected chi connectivity index (χ4v) is 2.88. The number of rotatable bonds is 7. The third-order valence-electron chi connectivity index (χ3n) is 4.50. The maximum Gasteiger partial charge on any atom is 0.266 e. The van der Waals surface area contributed by atoms with E-state index in [1.54, 1.807) is 42.5 Å². The van der Waals surface area contributed by atoms with Crippen LogP contribution in [0.5, 0.6) is 11.5 Å². The maximum absolute atomic E-state index is 13.9. The van der Waals surface area contributed by atoms with E-state index in [2.05, 4.69) is 5.32 Å². The largest absolute Gasteiger partial charge is 0.497 e. The first kappa shape index (κ1) is 21.6. The maximum atomic E-state index is 13.9. The minimum absolute atomic E-state index is 0.0158. The first-order valence-corrected chi connectivity index (χ1v) is 9.54. The van der Waals surface area contributed by atoms with E-state index in [1.807, 2.05) is 31.2 Å². The lowest BCUT2D eigenvalue weighted by molar-refractivity contribution is -0.112. The zero-order chi connectivity index (χ0) is 22.2. The Morgan fingerprint density at radius 2 is 1.94 bits per heavy atom. The number of benzene rings is 3. The standard InChI is InChI=1S/C25H21FN2O3/c1-17-6-5-8-21(12-17)28-25(29)20(15-27)13-18-10-11-22(30-2)14-24(18)31-16-19-7-3-4-9-23(19)26/h3-14H,16H2,1-2H3,(H,28,29)/b20-13+. The van der Waals surface area contributed by atoms with Crippen LogP contribution in [0, 0.1) is 24.1 Å². The van der Waals surface area contributed by atoms with E-state index >= 15 is 0 Å². The van der Waals surface area contributed by atoms with Gasteiger partial charge in [0.15, 0.2) is 0 Å². The van der Waals surface area contributed by atoms with Crippen molar-refractivity contribution in [1.82, 2.24) is 0 Å². The van der Waals surface area contributed by atoms with E-state index < -0.39 is 5.91 Å². The van der Waals surface area contributed by atoms with Crippen molar-refractivity contribution >= 4 is 17.7 Å². The molecule has 0 aliphatic rings. The molecule has 1 N–H and O–H groups in total. The van der Waals surface area contributed by atoms with Crippen LogP contribution in [0.15, 0.2) is 72.3 Å². The monoisotopic (exact) mass is 416 g/mol. The van der Waals surface area contributed by atoms with Crippen molar-refractivity contribution in [3.63, 3.8) is 0 Å². The van der Waals surface area contributed by atoms with Crippen LogP contribution < -0.4 is 14.8 Å². The number of methoxy groups -OCH3 is 1. The molecule has 0 radical (unpaired) electrons. The number of carbonyl (C=O) groups excluding carboxylic acids is 1. The van der Waals surface area contributed by atoms with E-state index in [1.165, 1.54) is 19.3 Å². The summed E-state index contributed by atoms with van der Waals surface area (Å²) < 4.78 is 25.0. The molecule has 0 fully saturated rings. The predicted molar refractivity (Wildman–Crippen MR) is 117 cm³/mol. The number of hydrogen-bond acceptors (Lipinski definition) is 4.